The summed E-state index contributed by atoms with van der Waals surface area (Å²) in [6.07, 6.45) is 10.7. The van der Waals surface area contributed by atoms with Gasteiger partial charge in [0.1, 0.15) is 5.70 Å². The zero-order chi connectivity index (χ0) is 23.1. The van der Waals surface area contributed by atoms with Crippen LogP contribution >= 0.6 is 11.6 Å². The Kier molecular flexibility index (Phi) is 9.22. The third-order valence-corrected chi connectivity index (χ3v) is 6.95. The molecule has 4 nitrogen and oxygen atoms in total. The van der Waals surface area contributed by atoms with Crippen molar-refractivity contribution >= 4 is 29.0 Å². The van der Waals surface area contributed by atoms with E-state index in [0.717, 1.165) is 37.9 Å². The van der Waals surface area contributed by atoms with Crippen LogP contribution < -0.4 is 0 Å². The van der Waals surface area contributed by atoms with Gasteiger partial charge in [-0.25, -0.2) is 0 Å². The lowest BCUT2D eigenvalue weighted by Gasteiger charge is -2.37. The summed E-state index contributed by atoms with van der Waals surface area (Å²) in [6.45, 7) is 8.83. The van der Waals surface area contributed by atoms with Crippen molar-refractivity contribution in [2.75, 3.05) is 19.6 Å². The Hall–Kier alpha value is -1.81. The molecular weight excluding hydrogens is 420 g/mol. The number of piperidine rings is 1. The van der Waals surface area contributed by atoms with Gasteiger partial charge in [-0.05, 0) is 42.4 Å². The van der Waals surface area contributed by atoms with Crippen molar-refractivity contribution in [1.29, 1.82) is 0 Å². The summed E-state index contributed by atoms with van der Waals surface area (Å²) in [4.78, 5) is 30.6. The molecule has 2 heterocycles. The highest BCUT2D eigenvalue weighted by Crippen LogP contribution is 2.35. The van der Waals surface area contributed by atoms with E-state index in [4.69, 9.17) is 11.6 Å². The Morgan fingerprint density at radius 2 is 1.41 bits per heavy atom. The van der Waals surface area contributed by atoms with E-state index in [9.17, 15) is 9.59 Å². The van der Waals surface area contributed by atoms with Crippen LogP contribution in [0.3, 0.4) is 0 Å². The smallest absolute Gasteiger partial charge is 0.277 e. The molecule has 2 unspecified atom stereocenters. The van der Waals surface area contributed by atoms with Crippen molar-refractivity contribution in [1.82, 2.24) is 9.80 Å². The number of halogens is 1. The molecule has 2 atom stereocenters. The number of nitrogens with zero attached hydrogens (tertiary/aromatic N) is 2. The van der Waals surface area contributed by atoms with Gasteiger partial charge in [-0.2, -0.15) is 0 Å². The van der Waals surface area contributed by atoms with E-state index < -0.39 is 0 Å². The Bertz CT molecular complexity index is 807. The zero-order valence-electron chi connectivity index (χ0n) is 20.0. The molecule has 0 saturated carbocycles. The first-order valence-corrected chi connectivity index (χ1v) is 12.9. The molecule has 1 saturated heterocycles. The van der Waals surface area contributed by atoms with Crippen LogP contribution in [-0.2, 0) is 9.59 Å². The number of hydrogen-bond donors (Lipinski definition) is 0. The number of likely N-dealkylation sites (tertiary alicyclic amines) is 1. The maximum absolute atomic E-state index is 13.5. The predicted molar refractivity (Wildman–Crippen MR) is 132 cm³/mol. The molecule has 0 spiro atoms. The van der Waals surface area contributed by atoms with Crippen molar-refractivity contribution in [3.8, 4) is 0 Å². The van der Waals surface area contributed by atoms with Gasteiger partial charge >= 0.3 is 0 Å². The van der Waals surface area contributed by atoms with Crippen LogP contribution in [0.1, 0.15) is 84.1 Å². The van der Waals surface area contributed by atoms with Gasteiger partial charge in [0.05, 0.1) is 5.57 Å². The summed E-state index contributed by atoms with van der Waals surface area (Å²) < 4.78 is 0. The Balaban J connectivity index is 1.71. The number of imide groups is 1. The third kappa shape index (κ3) is 6.15. The van der Waals surface area contributed by atoms with Crippen molar-refractivity contribution < 1.29 is 9.59 Å². The van der Waals surface area contributed by atoms with Gasteiger partial charge in [0.2, 0.25) is 0 Å². The fraction of sp³-hybridized carbons (Fsp3) is 0.630. The third-order valence-electron chi connectivity index (χ3n) is 6.70. The monoisotopic (exact) mass is 458 g/mol. The van der Waals surface area contributed by atoms with Crippen LogP contribution in [0.5, 0.6) is 0 Å². The minimum absolute atomic E-state index is 0.121. The van der Waals surface area contributed by atoms with Gasteiger partial charge in [0.25, 0.3) is 11.8 Å². The first-order valence-electron chi connectivity index (χ1n) is 12.5. The maximum atomic E-state index is 13.5. The number of carbonyl (C=O) groups is 2. The second-order valence-corrected chi connectivity index (χ2v) is 10.3. The molecule has 0 bridgehead atoms. The average molecular weight is 459 g/mol. The van der Waals surface area contributed by atoms with Crippen LogP contribution in [0, 0.1) is 11.8 Å². The van der Waals surface area contributed by atoms with E-state index in [-0.39, 0.29) is 11.8 Å². The van der Waals surface area contributed by atoms with Crippen LogP contribution in [0.15, 0.2) is 30.0 Å². The minimum atomic E-state index is -0.152. The Morgan fingerprint density at radius 1 is 0.844 bits per heavy atom. The highest BCUT2D eigenvalue weighted by molar-refractivity contribution is 6.36. The molecule has 0 aromatic heterocycles. The molecule has 3 rings (SSSR count). The summed E-state index contributed by atoms with van der Waals surface area (Å²) in [5, 5.41) is 0.628. The van der Waals surface area contributed by atoms with Crippen LogP contribution in [0.2, 0.25) is 5.02 Å². The molecule has 2 aliphatic rings. The van der Waals surface area contributed by atoms with Crippen molar-refractivity contribution in [2.45, 2.75) is 78.6 Å². The lowest BCUT2D eigenvalue weighted by molar-refractivity contribution is -0.137. The molecule has 1 aromatic carbocycles. The quantitative estimate of drug-likeness (QED) is 0.279. The number of rotatable bonds is 11. The van der Waals surface area contributed by atoms with E-state index in [2.05, 4.69) is 25.7 Å². The van der Waals surface area contributed by atoms with Gasteiger partial charge in [0, 0.05) is 24.7 Å². The molecule has 2 amide bonds. The fourth-order valence-electron chi connectivity index (χ4n) is 5.19. The molecule has 0 radical (unpaired) electrons. The first kappa shape index (κ1) is 24.8. The molecule has 176 valence electrons. The second kappa shape index (κ2) is 11.9. The van der Waals surface area contributed by atoms with Gasteiger partial charge in [-0.3, -0.25) is 14.5 Å². The van der Waals surface area contributed by atoms with E-state index >= 15 is 0 Å². The average Bonchev–Trinajstić information content (AvgIpc) is 3.00. The van der Waals surface area contributed by atoms with E-state index in [1.165, 1.54) is 43.4 Å². The number of unbranched alkanes of at least 4 members (excludes halogenated alkanes) is 7. The molecule has 0 N–H and O–H groups in total. The summed E-state index contributed by atoms with van der Waals surface area (Å²) in [7, 11) is 0. The highest BCUT2D eigenvalue weighted by atomic mass is 35.5. The summed E-state index contributed by atoms with van der Waals surface area (Å²) in [6, 6.07) is 7.31. The molecule has 2 aliphatic heterocycles. The topological polar surface area (TPSA) is 40.6 Å². The summed E-state index contributed by atoms with van der Waals surface area (Å²) in [5.74, 6) is 0.732. The highest BCUT2D eigenvalue weighted by Gasteiger charge is 2.42. The summed E-state index contributed by atoms with van der Waals surface area (Å²) in [5.41, 5.74) is 1.93. The van der Waals surface area contributed by atoms with Gasteiger partial charge in [0.15, 0.2) is 0 Å². The van der Waals surface area contributed by atoms with E-state index in [1.807, 2.05) is 12.1 Å². The molecule has 32 heavy (non-hydrogen) atoms. The van der Waals surface area contributed by atoms with Crippen LogP contribution in [0.25, 0.3) is 5.57 Å². The van der Waals surface area contributed by atoms with Crippen molar-refractivity contribution in [3.63, 3.8) is 0 Å². The number of amides is 2. The number of benzene rings is 1. The number of carbonyl (C=O) groups excluding carboxylic acids is 2. The maximum Gasteiger partial charge on any atom is 0.277 e. The van der Waals surface area contributed by atoms with Crippen molar-refractivity contribution in [3.05, 3.63) is 40.5 Å². The SMILES string of the molecule is CCCCCCCCCCN1C(=O)C(c2ccc(Cl)cc2)=C(N2CC(C)CC(C)C2)C1=O. The molecule has 0 aliphatic carbocycles. The van der Waals surface area contributed by atoms with Crippen molar-refractivity contribution in [2.24, 2.45) is 11.8 Å². The minimum Gasteiger partial charge on any atom is -0.366 e. The lowest BCUT2D eigenvalue weighted by atomic mass is 9.91. The number of hydrogen-bond acceptors (Lipinski definition) is 3. The molecule has 1 fully saturated rings. The van der Waals surface area contributed by atoms with E-state index in [1.54, 1.807) is 12.1 Å². The van der Waals surface area contributed by atoms with Gasteiger partial charge < -0.3 is 4.90 Å². The Labute approximate surface area is 199 Å². The molecular formula is C27H39ClN2O2. The second-order valence-electron chi connectivity index (χ2n) is 9.82. The largest absolute Gasteiger partial charge is 0.366 e. The molecule has 1 aromatic rings. The zero-order valence-corrected chi connectivity index (χ0v) is 20.8. The van der Waals surface area contributed by atoms with Gasteiger partial charge in [-0.15, -0.1) is 0 Å². The predicted octanol–water partition coefficient (Wildman–Crippen LogP) is 6.54. The normalized spacial score (nSPS) is 21.8. The standard InChI is InChI=1S/C27H39ClN2O2/c1-4-5-6-7-8-9-10-11-16-30-26(31)24(22-12-14-23(28)15-13-22)25(27(30)32)29-18-20(2)17-21(3)19-29/h12-15,20-21H,4-11,16-19H2,1-3H3. The van der Waals surface area contributed by atoms with Crippen LogP contribution in [-0.4, -0.2) is 41.2 Å². The van der Waals surface area contributed by atoms with E-state index in [0.29, 0.717) is 34.7 Å². The fourth-order valence-corrected chi connectivity index (χ4v) is 5.31. The lowest BCUT2D eigenvalue weighted by Crippen LogP contribution is -2.42. The van der Waals surface area contributed by atoms with Crippen LogP contribution in [0.4, 0.5) is 0 Å². The first-order chi connectivity index (χ1) is 15.4. The van der Waals surface area contributed by atoms with Gasteiger partial charge in [-0.1, -0.05) is 89.5 Å². The summed E-state index contributed by atoms with van der Waals surface area (Å²) >= 11 is 6.08. The molecule has 5 heteroatoms. The Morgan fingerprint density at radius 3 is 2.00 bits per heavy atom.